The summed E-state index contributed by atoms with van der Waals surface area (Å²) >= 11 is 3.23. The molecule has 0 aliphatic heterocycles. The van der Waals surface area contributed by atoms with E-state index in [1.807, 2.05) is 6.07 Å². The molecule has 72 valence electrons. The zero-order valence-corrected chi connectivity index (χ0v) is 8.82. The molecule has 0 saturated carbocycles. The fourth-order valence-corrected chi connectivity index (χ4v) is 1.53. The Morgan fingerprint density at radius 2 is 2.29 bits per heavy atom. The van der Waals surface area contributed by atoms with Gasteiger partial charge in [-0.3, -0.25) is 10.1 Å². The summed E-state index contributed by atoms with van der Waals surface area (Å²) in [5.74, 6) is 0. The summed E-state index contributed by atoms with van der Waals surface area (Å²) in [7, 11) is 0. The quantitative estimate of drug-likeness (QED) is 0.616. The van der Waals surface area contributed by atoms with Crippen molar-refractivity contribution in [1.29, 1.82) is 5.26 Å². The van der Waals surface area contributed by atoms with Crippen LogP contribution in [0.5, 0.6) is 0 Å². The van der Waals surface area contributed by atoms with Gasteiger partial charge in [-0.25, -0.2) is 0 Å². The Morgan fingerprint density at radius 3 is 2.86 bits per heavy atom. The van der Waals surface area contributed by atoms with Crippen LogP contribution in [0.15, 0.2) is 22.7 Å². The topological polar surface area (TPSA) is 66.9 Å². The van der Waals surface area contributed by atoms with Gasteiger partial charge >= 0.3 is 0 Å². The van der Waals surface area contributed by atoms with E-state index in [0.29, 0.717) is 12.0 Å². The summed E-state index contributed by atoms with van der Waals surface area (Å²) in [6.07, 6.45) is 0.698. The van der Waals surface area contributed by atoms with Gasteiger partial charge in [0, 0.05) is 22.5 Å². The third-order valence-corrected chi connectivity index (χ3v) is 2.24. The van der Waals surface area contributed by atoms with E-state index >= 15 is 0 Å². The molecule has 0 aromatic heterocycles. The molecule has 4 nitrogen and oxygen atoms in total. The minimum absolute atomic E-state index is 0.0726. The van der Waals surface area contributed by atoms with Crippen molar-refractivity contribution in [2.45, 2.75) is 12.8 Å². The molecule has 0 atom stereocenters. The van der Waals surface area contributed by atoms with Crippen molar-refractivity contribution in [2.75, 3.05) is 0 Å². The first-order valence-electron chi connectivity index (χ1n) is 3.95. The Balaban J connectivity index is 3.04. The van der Waals surface area contributed by atoms with Crippen molar-refractivity contribution in [3.05, 3.63) is 38.3 Å². The van der Waals surface area contributed by atoms with Crippen LogP contribution in [0, 0.1) is 21.4 Å². The SMILES string of the molecule is N#CCCc1cc(Br)ccc1[N+](=O)[O-]. The molecule has 0 N–H and O–H groups in total. The highest BCUT2D eigenvalue weighted by atomic mass is 79.9. The van der Waals surface area contributed by atoms with Crippen LogP contribution in [0.25, 0.3) is 0 Å². The average Bonchev–Trinajstić information content (AvgIpc) is 2.14. The van der Waals surface area contributed by atoms with Crippen molar-refractivity contribution in [1.82, 2.24) is 0 Å². The number of hydrogen-bond donors (Lipinski definition) is 0. The number of halogens is 1. The maximum atomic E-state index is 10.6. The number of nitriles is 1. The van der Waals surface area contributed by atoms with Crippen LogP contribution in [-0.2, 0) is 6.42 Å². The number of nitrogens with zero attached hydrogens (tertiary/aromatic N) is 2. The molecule has 0 saturated heterocycles. The van der Waals surface area contributed by atoms with Gasteiger partial charge in [0.15, 0.2) is 0 Å². The van der Waals surface area contributed by atoms with E-state index in [9.17, 15) is 10.1 Å². The van der Waals surface area contributed by atoms with Gasteiger partial charge in [-0.2, -0.15) is 5.26 Å². The number of benzene rings is 1. The normalized spacial score (nSPS) is 9.43. The van der Waals surface area contributed by atoms with Crippen molar-refractivity contribution in [3.8, 4) is 6.07 Å². The minimum atomic E-state index is -0.431. The zero-order chi connectivity index (χ0) is 10.6. The van der Waals surface area contributed by atoms with E-state index in [2.05, 4.69) is 15.9 Å². The van der Waals surface area contributed by atoms with E-state index in [1.165, 1.54) is 6.07 Å². The van der Waals surface area contributed by atoms with E-state index in [0.717, 1.165) is 4.47 Å². The lowest BCUT2D eigenvalue weighted by molar-refractivity contribution is -0.385. The van der Waals surface area contributed by atoms with Gasteiger partial charge in [-0.05, 0) is 18.6 Å². The van der Waals surface area contributed by atoms with Gasteiger partial charge in [0.2, 0.25) is 0 Å². The van der Waals surface area contributed by atoms with Crippen LogP contribution in [0.4, 0.5) is 5.69 Å². The van der Waals surface area contributed by atoms with Crippen LogP contribution in [-0.4, -0.2) is 4.92 Å². The van der Waals surface area contributed by atoms with Gasteiger partial charge in [0.1, 0.15) is 0 Å². The molecular formula is C9H7BrN2O2. The predicted molar refractivity (Wildman–Crippen MR) is 54.7 cm³/mol. The summed E-state index contributed by atoms with van der Waals surface area (Å²) < 4.78 is 0.788. The van der Waals surface area contributed by atoms with Crippen molar-refractivity contribution in [3.63, 3.8) is 0 Å². The monoisotopic (exact) mass is 254 g/mol. The lowest BCUT2D eigenvalue weighted by Crippen LogP contribution is -1.95. The number of aryl methyl sites for hydroxylation is 1. The molecule has 1 rings (SSSR count). The number of rotatable bonds is 3. The molecule has 0 bridgehead atoms. The number of hydrogen-bond acceptors (Lipinski definition) is 3. The maximum Gasteiger partial charge on any atom is 0.272 e. The smallest absolute Gasteiger partial charge is 0.258 e. The Morgan fingerprint density at radius 1 is 1.57 bits per heavy atom. The highest BCUT2D eigenvalue weighted by Gasteiger charge is 2.12. The molecule has 0 fully saturated rings. The first-order valence-corrected chi connectivity index (χ1v) is 4.74. The van der Waals surface area contributed by atoms with E-state index < -0.39 is 4.92 Å². The molecule has 0 aliphatic rings. The third kappa shape index (κ3) is 2.54. The maximum absolute atomic E-state index is 10.6. The molecular weight excluding hydrogens is 248 g/mol. The van der Waals surface area contributed by atoms with Crippen molar-refractivity contribution in [2.24, 2.45) is 0 Å². The second kappa shape index (κ2) is 4.72. The first-order chi connectivity index (χ1) is 6.65. The molecule has 1 aromatic carbocycles. The lowest BCUT2D eigenvalue weighted by Gasteiger charge is -2.00. The highest BCUT2D eigenvalue weighted by Crippen LogP contribution is 2.23. The summed E-state index contributed by atoms with van der Waals surface area (Å²) in [5, 5.41) is 19.0. The third-order valence-electron chi connectivity index (χ3n) is 1.74. The van der Waals surface area contributed by atoms with Crippen LogP contribution >= 0.6 is 15.9 Å². The minimum Gasteiger partial charge on any atom is -0.258 e. The number of nitro groups is 1. The van der Waals surface area contributed by atoms with Crippen LogP contribution in [0.1, 0.15) is 12.0 Å². The fraction of sp³-hybridized carbons (Fsp3) is 0.222. The Hall–Kier alpha value is -1.41. The van der Waals surface area contributed by atoms with E-state index in [1.54, 1.807) is 12.1 Å². The molecule has 1 aromatic rings. The van der Waals surface area contributed by atoms with Crippen LogP contribution in [0.2, 0.25) is 0 Å². The predicted octanol–water partition coefficient (Wildman–Crippen LogP) is 2.81. The summed E-state index contributed by atoms with van der Waals surface area (Å²) in [6, 6.07) is 6.70. The van der Waals surface area contributed by atoms with Gasteiger partial charge in [-0.15, -0.1) is 0 Å². The summed E-state index contributed by atoms with van der Waals surface area (Å²) in [6.45, 7) is 0. The van der Waals surface area contributed by atoms with Gasteiger partial charge < -0.3 is 0 Å². The molecule has 0 unspecified atom stereocenters. The van der Waals surface area contributed by atoms with Gasteiger partial charge in [0.05, 0.1) is 11.0 Å². The standard InChI is InChI=1S/C9H7BrN2O2/c10-8-3-4-9(12(13)14)7(6-8)2-1-5-11/h3-4,6H,1-2H2. The molecule has 5 heteroatoms. The molecule has 0 heterocycles. The molecule has 14 heavy (non-hydrogen) atoms. The Kier molecular flexibility index (Phi) is 3.60. The second-order valence-electron chi connectivity index (χ2n) is 2.69. The summed E-state index contributed by atoms with van der Waals surface area (Å²) in [4.78, 5) is 10.2. The molecule has 0 radical (unpaired) electrons. The Labute approximate surface area is 89.4 Å². The van der Waals surface area contributed by atoms with Crippen LogP contribution in [0.3, 0.4) is 0 Å². The highest BCUT2D eigenvalue weighted by molar-refractivity contribution is 9.10. The molecule has 0 aliphatic carbocycles. The second-order valence-corrected chi connectivity index (χ2v) is 3.60. The van der Waals surface area contributed by atoms with E-state index in [-0.39, 0.29) is 12.1 Å². The lowest BCUT2D eigenvalue weighted by atomic mass is 10.1. The number of nitro benzene ring substituents is 1. The average molecular weight is 255 g/mol. The summed E-state index contributed by atoms with van der Waals surface area (Å²) in [5.41, 5.74) is 0.661. The van der Waals surface area contributed by atoms with Gasteiger partial charge in [0.25, 0.3) is 5.69 Å². The molecule has 0 amide bonds. The first kappa shape index (κ1) is 10.7. The molecule has 0 spiro atoms. The largest absolute Gasteiger partial charge is 0.272 e. The van der Waals surface area contributed by atoms with Gasteiger partial charge in [-0.1, -0.05) is 15.9 Å². The van der Waals surface area contributed by atoms with Crippen molar-refractivity contribution < 1.29 is 4.92 Å². The fourth-order valence-electron chi connectivity index (χ4n) is 1.12. The Bertz CT molecular complexity index is 398. The van der Waals surface area contributed by atoms with Crippen molar-refractivity contribution >= 4 is 21.6 Å². The van der Waals surface area contributed by atoms with E-state index in [4.69, 9.17) is 5.26 Å². The zero-order valence-electron chi connectivity index (χ0n) is 7.24. The van der Waals surface area contributed by atoms with Crippen LogP contribution < -0.4 is 0 Å².